The quantitative estimate of drug-likeness (QED) is 0.486. The molecule has 0 spiro atoms. The molecule has 136 valence electrons. The Hall–Kier alpha value is -1.31. The van der Waals surface area contributed by atoms with E-state index in [0.717, 1.165) is 19.3 Å². The predicted octanol–water partition coefficient (Wildman–Crippen LogP) is 5.17. The Bertz CT molecular complexity index is 544. The second-order valence-electron chi connectivity index (χ2n) is 6.32. The number of allylic oxidation sites excluding steroid dienone is 9. The van der Waals surface area contributed by atoms with Crippen molar-refractivity contribution in [3.05, 3.63) is 73.3 Å². The van der Waals surface area contributed by atoms with Crippen LogP contribution in [0.25, 0.3) is 0 Å². The molecule has 2 radical (unpaired) electrons. The average Bonchev–Trinajstić information content (AvgIpc) is 3.32. The SMILES string of the molecule is CC[C@H]1CCCC(=O)[C@@H]1[C@@H](/C=C\OC)C1=C[CH]C=C1.[CH]1C=CC=C1.[Fe]. The third-order valence-electron chi connectivity index (χ3n) is 4.84. The summed E-state index contributed by atoms with van der Waals surface area (Å²) in [5.41, 5.74) is 1.23. The molecule has 3 atom stereocenters. The summed E-state index contributed by atoms with van der Waals surface area (Å²) in [7, 11) is 1.65. The topological polar surface area (TPSA) is 26.3 Å². The van der Waals surface area contributed by atoms with E-state index in [1.165, 1.54) is 12.0 Å². The predicted molar refractivity (Wildman–Crippen MR) is 99.9 cm³/mol. The van der Waals surface area contributed by atoms with Gasteiger partial charge in [-0.05, 0) is 30.4 Å². The minimum absolute atomic E-state index is 0. The molecule has 3 aliphatic rings. The molecule has 0 amide bonds. The summed E-state index contributed by atoms with van der Waals surface area (Å²) in [4.78, 5) is 12.4. The van der Waals surface area contributed by atoms with Crippen LogP contribution >= 0.6 is 0 Å². The molecule has 3 aliphatic carbocycles. The largest absolute Gasteiger partial charge is 0.505 e. The maximum Gasteiger partial charge on any atom is 0.137 e. The smallest absolute Gasteiger partial charge is 0.137 e. The molecule has 0 aromatic rings. The van der Waals surface area contributed by atoms with E-state index in [9.17, 15) is 4.79 Å². The van der Waals surface area contributed by atoms with Crippen molar-refractivity contribution in [2.24, 2.45) is 17.8 Å². The Labute approximate surface area is 163 Å². The Morgan fingerprint density at radius 3 is 2.48 bits per heavy atom. The summed E-state index contributed by atoms with van der Waals surface area (Å²) < 4.78 is 5.07. The molecule has 0 aromatic heterocycles. The van der Waals surface area contributed by atoms with Crippen LogP contribution in [0, 0.1) is 30.6 Å². The Kier molecular flexibility index (Phi) is 10.5. The van der Waals surface area contributed by atoms with Gasteiger partial charge >= 0.3 is 0 Å². The summed E-state index contributed by atoms with van der Waals surface area (Å²) in [6, 6.07) is 0. The number of carbonyl (C=O) groups is 1. The first-order chi connectivity index (χ1) is 11.8. The fraction of sp³-hybridized carbons (Fsp3) is 0.409. The van der Waals surface area contributed by atoms with Crippen LogP contribution in [0.5, 0.6) is 0 Å². The van der Waals surface area contributed by atoms with Gasteiger partial charge in [0.25, 0.3) is 0 Å². The van der Waals surface area contributed by atoms with E-state index in [0.29, 0.717) is 11.7 Å². The van der Waals surface area contributed by atoms with Crippen LogP contribution in [0.2, 0.25) is 0 Å². The van der Waals surface area contributed by atoms with E-state index in [1.807, 2.05) is 49.3 Å². The second kappa shape index (κ2) is 12.1. The summed E-state index contributed by atoms with van der Waals surface area (Å²) in [6.45, 7) is 2.19. The van der Waals surface area contributed by atoms with Crippen molar-refractivity contribution < 1.29 is 26.6 Å². The van der Waals surface area contributed by atoms with Gasteiger partial charge in [0.1, 0.15) is 5.78 Å². The zero-order valence-corrected chi connectivity index (χ0v) is 16.2. The fourth-order valence-electron chi connectivity index (χ4n) is 3.63. The maximum absolute atomic E-state index is 12.4. The van der Waals surface area contributed by atoms with E-state index >= 15 is 0 Å². The zero-order chi connectivity index (χ0) is 17.2. The molecule has 2 nitrogen and oxygen atoms in total. The van der Waals surface area contributed by atoms with Crippen LogP contribution in [0.15, 0.2) is 60.4 Å². The second-order valence-corrected chi connectivity index (χ2v) is 6.32. The van der Waals surface area contributed by atoms with Crippen molar-refractivity contribution in [3.63, 3.8) is 0 Å². The van der Waals surface area contributed by atoms with Crippen molar-refractivity contribution in [1.29, 1.82) is 0 Å². The van der Waals surface area contributed by atoms with Gasteiger partial charge in [0.15, 0.2) is 0 Å². The number of ketones is 1. The number of hydrogen-bond acceptors (Lipinski definition) is 2. The molecular formula is C22H28FeO2. The molecule has 0 bridgehead atoms. The van der Waals surface area contributed by atoms with Gasteiger partial charge in [0.05, 0.1) is 13.4 Å². The third kappa shape index (κ3) is 6.49. The number of methoxy groups -OCH3 is 1. The van der Waals surface area contributed by atoms with Crippen molar-refractivity contribution >= 4 is 5.78 Å². The normalized spacial score (nSPS) is 25.4. The van der Waals surface area contributed by atoms with Crippen LogP contribution in [-0.2, 0) is 26.6 Å². The van der Waals surface area contributed by atoms with Crippen molar-refractivity contribution in [3.8, 4) is 0 Å². The summed E-state index contributed by atoms with van der Waals surface area (Å²) in [5.74, 6) is 1.20. The van der Waals surface area contributed by atoms with Gasteiger partial charge in [-0.2, -0.15) is 0 Å². The zero-order valence-electron chi connectivity index (χ0n) is 15.1. The molecule has 0 N–H and O–H groups in total. The van der Waals surface area contributed by atoms with Gasteiger partial charge in [-0.3, -0.25) is 4.79 Å². The minimum atomic E-state index is 0. The van der Waals surface area contributed by atoms with Crippen LogP contribution in [0.1, 0.15) is 32.6 Å². The van der Waals surface area contributed by atoms with E-state index in [1.54, 1.807) is 13.4 Å². The van der Waals surface area contributed by atoms with E-state index in [4.69, 9.17) is 4.74 Å². The van der Waals surface area contributed by atoms with Crippen LogP contribution in [0.4, 0.5) is 0 Å². The van der Waals surface area contributed by atoms with Gasteiger partial charge < -0.3 is 4.74 Å². The van der Waals surface area contributed by atoms with Gasteiger partial charge in [0.2, 0.25) is 0 Å². The van der Waals surface area contributed by atoms with Gasteiger partial charge in [-0.15, -0.1) is 0 Å². The first-order valence-electron chi connectivity index (χ1n) is 8.88. The fourth-order valence-corrected chi connectivity index (χ4v) is 3.63. The Balaban J connectivity index is 0.000000448. The molecule has 1 saturated carbocycles. The molecule has 0 aliphatic heterocycles. The van der Waals surface area contributed by atoms with Crippen molar-refractivity contribution in [2.75, 3.05) is 7.11 Å². The number of rotatable bonds is 5. The Morgan fingerprint density at radius 2 is 1.96 bits per heavy atom. The molecular weight excluding hydrogens is 352 g/mol. The number of hydrogen-bond donors (Lipinski definition) is 0. The third-order valence-corrected chi connectivity index (χ3v) is 4.84. The Morgan fingerprint density at radius 1 is 1.20 bits per heavy atom. The molecule has 3 heteroatoms. The van der Waals surface area contributed by atoms with Crippen molar-refractivity contribution in [1.82, 2.24) is 0 Å². The van der Waals surface area contributed by atoms with Crippen LogP contribution in [0.3, 0.4) is 0 Å². The molecule has 0 saturated heterocycles. The van der Waals surface area contributed by atoms with E-state index < -0.39 is 0 Å². The molecule has 3 rings (SSSR count). The molecule has 0 heterocycles. The minimum Gasteiger partial charge on any atom is -0.505 e. The van der Waals surface area contributed by atoms with Crippen molar-refractivity contribution in [2.45, 2.75) is 32.6 Å². The number of Topliss-reactive ketones (excluding diaryl/α,β-unsaturated/α-hetero) is 1. The van der Waals surface area contributed by atoms with Crippen LogP contribution < -0.4 is 0 Å². The van der Waals surface area contributed by atoms with E-state index in [2.05, 4.69) is 19.1 Å². The first kappa shape index (κ1) is 21.7. The standard InChI is InChI=1S/C17H23O2.C5H5.Fe/c1-3-13-9-6-10-16(18)17(13)15(11-12-19-2)14-7-4-5-8-14;1-2-4-5-3-1;/h4-5,7-8,11-13,15,17H,3,6,9-10H2,1-2H3;1-5H;/b12-11-;;/t13-,15-,17-;;/m0../s1. The number of ether oxygens (including phenoxy) is 1. The molecule has 0 aromatic carbocycles. The average molecular weight is 380 g/mol. The van der Waals surface area contributed by atoms with Gasteiger partial charge in [0, 0.05) is 48.2 Å². The summed E-state index contributed by atoms with van der Waals surface area (Å²) >= 11 is 0. The summed E-state index contributed by atoms with van der Waals surface area (Å²) in [5, 5.41) is 0. The summed E-state index contributed by atoms with van der Waals surface area (Å²) in [6.07, 6.45) is 26.1. The van der Waals surface area contributed by atoms with Crippen LogP contribution in [-0.4, -0.2) is 12.9 Å². The van der Waals surface area contributed by atoms with Gasteiger partial charge in [-0.25, -0.2) is 0 Å². The molecule has 1 fully saturated rings. The van der Waals surface area contributed by atoms with E-state index in [-0.39, 0.29) is 28.9 Å². The monoisotopic (exact) mass is 380 g/mol. The molecule has 25 heavy (non-hydrogen) atoms. The number of carbonyl (C=O) groups excluding carboxylic acids is 1. The first-order valence-corrected chi connectivity index (χ1v) is 8.88. The molecule has 0 unspecified atom stereocenters. The maximum atomic E-state index is 12.4. The van der Waals surface area contributed by atoms with Gasteiger partial charge in [-0.1, -0.05) is 55.9 Å².